The van der Waals surface area contributed by atoms with Crippen molar-refractivity contribution in [1.29, 1.82) is 0 Å². The normalized spacial score (nSPS) is 13.6. The topological polar surface area (TPSA) is 91.3 Å². The Kier molecular flexibility index (Phi) is 42.8. The van der Waals surface area contributed by atoms with Gasteiger partial charge in [-0.3, -0.25) is 13.8 Å². The smallest absolute Gasteiger partial charge is 0.457 e. The van der Waals surface area contributed by atoms with Crippen LogP contribution in [0.3, 0.4) is 0 Å². The van der Waals surface area contributed by atoms with Crippen molar-refractivity contribution in [3.63, 3.8) is 0 Å². The second kappa shape index (κ2) is 43.2. The van der Waals surface area contributed by atoms with Gasteiger partial charge in [0.05, 0.1) is 34.4 Å². The number of carbonyl (C=O) groups excluding carboxylic acids is 1. The first-order valence-corrected chi connectivity index (χ1v) is 26.8. The number of hydrogen-bond acceptors (Lipinski definition) is 6. The Bertz CT molecular complexity index is 899. The van der Waals surface area contributed by atoms with Crippen molar-refractivity contribution in [2.75, 3.05) is 54.1 Å². The summed E-state index contributed by atoms with van der Waals surface area (Å²) in [7, 11) is 1.69. The maximum atomic E-state index is 12.7. The van der Waals surface area contributed by atoms with Gasteiger partial charge < -0.3 is 18.9 Å². The van der Waals surface area contributed by atoms with E-state index < -0.39 is 13.9 Å². The van der Waals surface area contributed by atoms with E-state index in [0.717, 1.165) is 32.1 Å². The zero-order chi connectivity index (χ0) is 42.7. The molecular weight excluding hydrogens is 746 g/mol. The van der Waals surface area contributed by atoms with Gasteiger partial charge >= 0.3 is 13.8 Å². The summed E-state index contributed by atoms with van der Waals surface area (Å²) in [5.74, 6) is -0.305. The summed E-state index contributed by atoms with van der Waals surface area (Å²) in [4.78, 5) is 23.0. The fourth-order valence-corrected chi connectivity index (χ4v) is 8.24. The molecule has 0 radical (unpaired) electrons. The van der Waals surface area contributed by atoms with Crippen LogP contribution in [0.2, 0.25) is 0 Å². The number of ether oxygens (including phenoxy) is 2. The third-order valence-electron chi connectivity index (χ3n) is 11.4. The number of quaternary nitrogens is 1. The molecule has 0 saturated heterocycles. The standard InChI is InChI=1S/C49H100NO7P/c1-6-8-10-12-14-16-18-20-22-24-25-26-27-28-30-32-34-36-38-40-42-49(51)57-48(47-56-58(52,53)55-45-43-50(3,4)5)46-54-44-41-39-37-35-33-31-29-23-21-19-17-15-13-11-9-7-2/h48H,6-47H2,1-5H3/p+1/t48-/m1/s1. The van der Waals surface area contributed by atoms with E-state index in [1.807, 2.05) is 21.1 Å². The van der Waals surface area contributed by atoms with Crippen molar-refractivity contribution < 1.29 is 37.3 Å². The Morgan fingerprint density at radius 1 is 0.466 bits per heavy atom. The van der Waals surface area contributed by atoms with E-state index in [9.17, 15) is 14.3 Å². The predicted molar refractivity (Wildman–Crippen MR) is 248 cm³/mol. The van der Waals surface area contributed by atoms with Gasteiger partial charge in [-0.2, -0.15) is 0 Å². The Morgan fingerprint density at radius 2 is 0.793 bits per heavy atom. The summed E-state index contributed by atoms with van der Waals surface area (Å²) in [5, 5.41) is 0. The summed E-state index contributed by atoms with van der Waals surface area (Å²) in [6, 6.07) is 0. The maximum Gasteiger partial charge on any atom is 0.472 e. The lowest BCUT2D eigenvalue weighted by atomic mass is 10.0. The van der Waals surface area contributed by atoms with Gasteiger partial charge in [0.2, 0.25) is 0 Å². The lowest BCUT2D eigenvalue weighted by Gasteiger charge is -2.24. The fourth-order valence-electron chi connectivity index (χ4n) is 7.50. The molecule has 1 N–H and O–H groups in total. The molecule has 0 amide bonds. The van der Waals surface area contributed by atoms with Gasteiger partial charge in [-0.1, -0.05) is 232 Å². The third kappa shape index (κ3) is 46.6. The second-order valence-corrected chi connectivity index (χ2v) is 20.0. The number of unbranched alkanes of at least 4 members (excludes halogenated alkanes) is 34. The van der Waals surface area contributed by atoms with Crippen LogP contribution >= 0.6 is 7.82 Å². The van der Waals surface area contributed by atoms with Crippen LogP contribution in [-0.4, -0.2) is 75.6 Å². The van der Waals surface area contributed by atoms with Gasteiger partial charge in [0, 0.05) is 13.0 Å². The van der Waals surface area contributed by atoms with Crippen molar-refractivity contribution in [2.24, 2.45) is 0 Å². The zero-order valence-electron chi connectivity index (χ0n) is 39.6. The molecule has 0 rings (SSSR count). The summed E-state index contributed by atoms with van der Waals surface area (Å²) < 4.78 is 35.1. The summed E-state index contributed by atoms with van der Waals surface area (Å²) in [6.45, 7) is 5.70. The van der Waals surface area contributed by atoms with Gasteiger partial charge in [-0.15, -0.1) is 0 Å². The molecule has 9 heteroatoms. The number of hydrogen-bond donors (Lipinski definition) is 1. The maximum absolute atomic E-state index is 12.7. The van der Waals surface area contributed by atoms with E-state index in [0.29, 0.717) is 24.1 Å². The minimum atomic E-state index is -4.27. The van der Waals surface area contributed by atoms with Gasteiger partial charge in [-0.25, -0.2) is 4.57 Å². The Morgan fingerprint density at radius 3 is 1.14 bits per heavy atom. The molecular formula is C49H101NO7P+. The molecule has 0 aromatic rings. The first-order valence-electron chi connectivity index (χ1n) is 25.3. The third-order valence-corrected chi connectivity index (χ3v) is 12.4. The Labute approximate surface area is 361 Å². The highest BCUT2D eigenvalue weighted by atomic mass is 31.2. The SMILES string of the molecule is CCCCCCCCCCCCCCCCCCCCCCC(=O)O[C@H](COCCCCCCCCCCCCCCCCCC)COP(=O)(O)OCC[N+](C)(C)C. The molecule has 1 unspecified atom stereocenters. The highest BCUT2D eigenvalue weighted by Crippen LogP contribution is 2.43. The second-order valence-electron chi connectivity index (χ2n) is 18.6. The minimum Gasteiger partial charge on any atom is -0.457 e. The molecule has 58 heavy (non-hydrogen) atoms. The molecule has 348 valence electrons. The number of rotatable bonds is 48. The highest BCUT2D eigenvalue weighted by Gasteiger charge is 2.26. The molecule has 0 heterocycles. The largest absolute Gasteiger partial charge is 0.472 e. The molecule has 0 bridgehead atoms. The average molecular weight is 847 g/mol. The molecule has 2 atom stereocenters. The van der Waals surface area contributed by atoms with Crippen LogP contribution in [0.1, 0.15) is 251 Å². The molecule has 0 aliphatic carbocycles. The van der Waals surface area contributed by atoms with Crippen LogP contribution < -0.4 is 0 Å². The van der Waals surface area contributed by atoms with Gasteiger partial charge in [0.15, 0.2) is 0 Å². The van der Waals surface area contributed by atoms with Crippen molar-refractivity contribution >= 4 is 13.8 Å². The van der Waals surface area contributed by atoms with Crippen LogP contribution in [0.4, 0.5) is 0 Å². The van der Waals surface area contributed by atoms with E-state index in [-0.39, 0.29) is 25.8 Å². The average Bonchev–Trinajstić information content (AvgIpc) is 3.18. The van der Waals surface area contributed by atoms with Crippen molar-refractivity contribution in [1.82, 2.24) is 0 Å². The molecule has 0 fully saturated rings. The van der Waals surface area contributed by atoms with E-state index >= 15 is 0 Å². The van der Waals surface area contributed by atoms with Crippen molar-refractivity contribution in [3.05, 3.63) is 0 Å². The van der Waals surface area contributed by atoms with Crippen LogP contribution in [0.5, 0.6) is 0 Å². The number of carbonyl (C=O) groups is 1. The quantitative estimate of drug-likeness (QED) is 0.0282. The highest BCUT2D eigenvalue weighted by molar-refractivity contribution is 7.47. The van der Waals surface area contributed by atoms with Gasteiger partial charge in [0.25, 0.3) is 0 Å². The summed E-state index contributed by atoms with van der Waals surface area (Å²) in [6.07, 6.45) is 47.1. The molecule has 0 spiro atoms. The van der Waals surface area contributed by atoms with Crippen LogP contribution in [-0.2, 0) is 27.9 Å². The lowest BCUT2D eigenvalue weighted by Crippen LogP contribution is -2.37. The predicted octanol–water partition coefficient (Wildman–Crippen LogP) is 15.2. The monoisotopic (exact) mass is 847 g/mol. The zero-order valence-corrected chi connectivity index (χ0v) is 40.5. The number of likely N-dealkylation sites (N-methyl/N-ethyl adjacent to an activating group) is 1. The molecule has 0 aliphatic rings. The van der Waals surface area contributed by atoms with Gasteiger partial charge in [-0.05, 0) is 12.8 Å². The minimum absolute atomic E-state index is 0.0942. The van der Waals surface area contributed by atoms with E-state index in [2.05, 4.69) is 13.8 Å². The fraction of sp³-hybridized carbons (Fsp3) is 0.980. The molecule has 0 aromatic carbocycles. The Hall–Kier alpha value is -0.500. The van der Waals surface area contributed by atoms with E-state index in [4.69, 9.17) is 18.5 Å². The lowest BCUT2D eigenvalue weighted by molar-refractivity contribution is -0.870. The van der Waals surface area contributed by atoms with Gasteiger partial charge in [0.1, 0.15) is 19.3 Å². The van der Waals surface area contributed by atoms with E-state index in [1.165, 1.54) is 199 Å². The number of nitrogens with zero attached hydrogens (tertiary/aromatic N) is 1. The Balaban J connectivity index is 4.09. The molecule has 0 aromatic heterocycles. The van der Waals surface area contributed by atoms with Crippen molar-refractivity contribution in [2.45, 2.75) is 258 Å². The van der Waals surface area contributed by atoms with Crippen molar-refractivity contribution in [3.8, 4) is 0 Å². The number of esters is 1. The first kappa shape index (κ1) is 57.5. The first-order chi connectivity index (χ1) is 28.1. The summed E-state index contributed by atoms with van der Waals surface area (Å²) in [5.41, 5.74) is 0. The number of phosphoric acid groups is 1. The van der Waals surface area contributed by atoms with Crippen LogP contribution in [0.25, 0.3) is 0 Å². The molecule has 0 aliphatic heterocycles. The summed E-state index contributed by atoms with van der Waals surface area (Å²) >= 11 is 0. The van der Waals surface area contributed by atoms with Crippen LogP contribution in [0.15, 0.2) is 0 Å². The number of phosphoric ester groups is 1. The molecule has 0 saturated carbocycles. The van der Waals surface area contributed by atoms with E-state index in [1.54, 1.807) is 0 Å². The molecule has 8 nitrogen and oxygen atoms in total. The van der Waals surface area contributed by atoms with Crippen LogP contribution in [0, 0.1) is 0 Å².